The molecule has 0 amide bonds. The summed E-state index contributed by atoms with van der Waals surface area (Å²) in [5, 5.41) is 10.9. The molecule has 0 spiro atoms. The number of H-pyrrole nitrogens is 2. The van der Waals surface area contributed by atoms with Crippen molar-refractivity contribution in [1.29, 1.82) is 0 Å². The number of aryl methyl sites for hydroxylation is 1. The maximum Gasteiger partial charge on any atom is 0.230 e. The van der Waals surface area contributed by atoms with E-state index in [4.69, 9.17) is 4.74 Å². The van der Waals surface area contributed by atoms with Crippen molar-refractivity contribution in [2.45, 2.75) is 13.8 Å². The number of anilines is 3. The number of rotatable bonds is 6. The Morgan fingerprint density at radius 3 is 2.71 bits per heavy atom. The number of fused-ring (bicyclic) bond motifs is 1. The van der Waals surface area contributed by atoms with Crippen molar-refractivity contribution in [1.82, 2.24) is 30.0 Å². The topological polar surface area (TPSA) is 98.0 Å². The van der Waals surface area contributed by atoms with Gasteiger partial charge in [-0.3, -0.25) is 5.10 Å². The van der Waals surface area contributed by atoms with E-state index >= 15 is 4.39 Å². The fourth-order valence-corrected chi connectivity index (χ4v) is 3.95. The summed E-state index contributed by atoms with van der Waals surface area (Å²) in [6.45, 7) is 7.21. The number of allylic oxidation sites excluding steroid dienone is 1. The third kappa shape index (κ3) is 4.58. The molecule has 0 radical (unpaired) electrons. The predicted octanol–water partition coefficient (Wildman–Crippen LogP) is 4.45. The minimum Gasteiger partial charge on any atom is -0.436 e. The molecule has 0 unspecified atom stereocenters. The van der Waals surface area contributed by atoms with E-state index in [1.165, 1.54) is 0 Å². The smallest absolute Gasteiger partial charge is 0.230 e. The van der Waals surface area contributed by atoms with Crippen LogP contribution in [0.25, 0.3) is 17.0 Å². The maximum atomic E-state index is 15.1. The molecular formula is C24H27FN8O. The van der Waals surface area contributed by atoms with Gasteiger partial charge in [-0.05, 0) is 45.2 Å². The fraction of sp³-hybridized carbons (Fsp3) is 0.292. The molecule has 0 saturated carbocycles. The molecule has 1 fully saturated rings. The van der Waals surface area contributed by atoms with Crippen LogP contribution < -0.4 is 15.0 Å². The van der Waals surface area contributed by atoms with Crippen LogP contribution in [0.15, 0.2) is 36.4 Å². The van der Waals surface area contributed by atoms with Crippen LogP contribution in [-0.4, -0.2) is 63.3 Å². The molecular weight excluding hydrogens is 435 g/mol. The maximum absolute atomic E-state index is 15.1. The highest BCUT2D eigenvalue weighted by molar-refractivity contribution is 5.82. The van der Waals surface area contributed by atoms with Crippen LogP contribution >= 0.6 is 0 Å². The van der Waals surface area contributed by atoms with Gasteiger partial charge < -0.3 is 24.8 Å². The number of nitrogens with one attached hydrogen (secondary N) is 3. The Labute approximate surface area is 196 Å². The van der Waals surface area contributed by atoms with Crippen molar-refractivity contribution in [3.63, 3.8) is 0 Å². The number of aromatic amines is 2. The summed E-state index contributed by atoms with van der Waals surface area (Å²) in [5.41, 5.74) is 2.47. The van der Waals surface area contributed by atoms with Gasteiger partial charge in [0, 0.05) is 54.9 Å². The first kappa shape index (κ1) is 21.9. The largest absolute Gasteiger partial charge is 0.436 e. The van der Waals surface area contributed by atoms with Gasteiger partial charge in [0.1, 0.15) is 5.82 Å². The lowest BCUT2D eigenvalue weighted by Gasteiger charge is -2.32. The van der Waals surface area contributed by atoms with Gasteiger partial charge in [-0.15, -0.1) is 0 Å². The van der Waals surface area contributed by atoms with Gasteiger partial charge in [0.2, 0.25) is 11.8 Å². The molecule has 3 N–H and O–H groups in total. The highest BCUT2D eigenvalue weighted by atomic mass is 19.1. The van der Waals surface area contributed by atoms with E-state index in [0.717, 1.165) is 43.1 Å². The predicted molar refractivity (Wildman–Crippen MR) is 131 cm³/mol. The molecule has 34 heavy (non-hydrogen) atoms. The van der Waals surface area contributed by atoms with Crippen LogP contribution in [0.5, 0.6) is 11.6 Å². The van der Waals surface area contributed by atoms with Gasteiger partial charge in [-0.1, -0.05) is 6.08 Å². The summed E-state index contributed by atoms with van der Waals surface area (Å²) in [6.07, 6.45) is 3.85. The van der Waals surface area contributed by atoms with Crippen molar-refractivity contribution in [2.24, 2.45) is 0 Å². The Morgan fingerprint density at radius 1 is 1.09 bits per heavy atom. The Kier molecular flexibility index (Phi) is 5.89. The lowest BCUT2D eigenvalue weighted by Crippen LogP contribution is -2.45. The second kappa shape index (κ2) is 9.14. The molecule has 0 atom stereocenters. The van der Waals surface area contributed by atoms with Crippen LogP contribution in [0.4, 0.5) is 22.0 Å². The molecule has 0 bridgehead atoms. The van der Waals surface area contributed by atoms with Crippen LogP contribution in [0, 0.1) is 12.7 Å². The van der Waals surface area contributed by atoms with Crippen molar-refractivity contribution >= 4 is 34.6 Å². The van der Waals surface area contributed by atoms with E-state index in [1.54, 1.807) is 24.3 Å². The highest BCUT2D eigenvalue weighted by Crippen LogP contribution is 2.32. The molecule has 4 aromatic rings. The zero-order valence-corrected chi connectivity index (χ0v) is 19.4. The summed E-state index contributed by atoms with van der Waals surface area (Å²) >= 11 is 0. The van der Waals surface area contributed by atoms with Crippen LogP contribution in [0.3, 0.4) is 0 Å². The standard InChI is InChI=1S/C24H27FN8O/c1-4-5-16-13-21(31-30-16)27-20-14-22(29-24(28-20)33-10-8-32(3)9-11-33)34-19-7-6-18-17(23(19)25)12-15(2)26-18/h4-7,12-14,26H,8-11H2,1-3H3,(H2,27,28,29,30,31)/b5-4+. The van der Waals surface area contributed by atoms with Gasteiger partial charge in [-0.2, -0.15) is 15.1 Å². The zero-order valence-electron chi connectivity index (χ0n) is 19.4. The van der Waals surface area contributed by atoms with Crippen molar-refractivity contribution in [3.8, 4) is 11.6 Å². The fourth-order valence-electron chi connectivity index (χ4n) is 3.95. The molecule has 1 saturated heterocycles. The van der Waals surface area contributed by atoms with Gasteiger partial charge in [-0.25, -0.2) is 4.39 Å². The number of nitrogens with zero attached hydrogens (tertiary/aromatic N) is 5. The average Bonchev–Trinajstić information content (AvgIpc) is 3.42. The zero-order chi connectivity index (χ0) is 23.7. The van der Waals surface area contributed by atoms with Gasteiger partial charge in [0.05, 0.1) is 5.69 Å². The Hall–Kier alpha value is -3.92. The first-order valence-electron chi connectivity index (χ1n) is 11.2. The lowest BCUT2D eigenvalue weighted by atomic mass is 10.2. The van der Waals surface area contributed by atoms with E-state index in [9.17, 15) is 0 Å². The van der Waals surface area contributed by atoms with E-state index in [-0.39, 0.29) is 11.6 Å². The summed E-state index contributed by atoms with van der Waals surface area (Å²) in [6, 6.07) is 8.69. The number of hydrogen-bond acceptors (Lipinski definition) is 7. The summed E-state index contributed by atoms with van der Waals surface area (Å²) < 4.78 is 21.1. The first-order valence-corrected chi connectivity index (χ1v) is 11.2. The molecule has 1 aromatic carbocycles. The number of halogens is 1. The Bertz CT molecular complexity index is 1340. The van der Waals surface area contributed by atoms with E-state index in [1.807, 2.05) is 32.1 Å². The quantitative estimate of drug-likeness (QED) is 0.389. The minimum absolute atomic E-state index is 0.107. The molecule has 1 aliphatic heterocycles. The van der Waals surface area contributed by atoms with E-state index in [2.05, 4.69) is 47.3 Å². The second-order valence-corrected chi connectivity index (χ2v) is 8.41. The number of benzene rings is 1. The van der Waals surface area contributed by atoms with Gasteiger partial charge in [0.15, 0.2) is 17.4 Å². The number of piperazine rings is 1. The average molecular weight is 463 g/mol. The van der Waals surface area contributed by atoms with Gasteiger partial charge >= 0.3 is 0 Å². The minimum atomic E-state index is -0.431. The molecule has 176 valence electrons. The van der Waals surface area contributed by atoms with E-state index in [0.29, 0.717) is 23.0 Å². The van der Waals surface area contributed by atoms with Crippen molar-refractivity contribution < 1.29 is 9.13 Å². The van der Waals surface area contributed by atoms with Crippen LogP contribution in [-0.2, 0) is 0 Å². The molecule has 9 nitrogen and oxygen atoms in total. The molecule has 3 aromatic heterocycles. The first-order chi connectivity index (χ1) is 16.5. The summed E-state index contributed by atoms with van der Waals surface area (Å²) in [5.74, 6) is 1.57. The van der Waals surface area contributed by atoms with Gasteiger partial charge in [0.25, 0.3) is 0 Å². The third-order valence-electron chi connectivity index (χ3n) is 5.73. The second-order valence-electron chi connectivity index (χ2n) is 8.41. The van der Waals surface area contributed by atoms with E-state index < -0.39 is 5.82 Å². The number of hydrogen-bond donors (Lipinski definition) is 3. The Balaban J connectivity index is 1.48. The summed E-state index contributed by atoms with van der Waals surface area (Å²) in [4.78, 5) is 16.8. The SMILES string of the molecule is C/C=C/c1cc(Nc2cc(Oc3ccc4[nH]c(C)cc4c3F)nc(N3CCN(C)CC3)n2)n[nH]1. The number of aromatic nitrogens is 5. The molecule has 10 heteroatoms. The monoisotopic (exact) mass is 462 g/mol. The van der Waals surface area contributed by atoms with Crippen LogP contribution in [0.1, 0.15) is 18.3 Å². The molecule has 5 rings (SSSR count). The highest BCUT2D eigenvalue weighted by Gasteiger charge is 2.20. The molecule has 1 aliphatic rings. The normalized spacial score (nSPS) is 14.9. The van der Waals surface area contributed by atoms with Crippen LogP contribution in [0.2, 0.25) is 0 Å². The molecule has 0 aliphatic carbocycles. The number of likely N-dealkylation sites (N-methyl/N-ethyl adjacent to an activating group) is 1. The van der Waals surface area contributed by atoms with Crippen molar-refractivity contribution in [2.75, 3.05) is 43.4 Å². The third-order valence-corrected chi connectivity index (χ3v) is 5.73. The summed E-state index contributed by atoms with van der Waals surface area (Å²) in [7, 11) is 2.09. The molecule has 4 heterocycles. The number of ether oxygens (including phenoxy) is 1. The Morgan fingerprint density at radius 2 is 1.91 bits per heavy atom. The lowest BCUT2D eigenvalue weighted by molar-refractivity contribution is 0.310. The van der Waals surface area contributed by atoms with Crippen molar-refractivity contribution in [3.05, 3.63) is 53.6 Å².